The van der Waals surface area contributed by atoms with E-state index in [9.17, 15) is 9.36 Å². The summed E-state index contributed by atoms with van der Waals surface area (Å²) in [6.07, 6.45) is 0.637. The number of ether oxygens (including phenoxy) is 1. The Morgan fingerprint density at radius 2 is 1.65 bits per heavy atom. The van der Waals surface area contributed by atoms with Crippen LogP contribution >= 0.6 is 7.60 Å². The number of amides is 1. The van der Waals surface area contributed by atoms with Crippen molar-refractivity contribution in [3.05, 3.63) is 0 Å². The highest BCUT2D eigenvalue weighted by Gasteiger charge is 2.63. The first kappa shape index (κ1) is 23.4. The van der Waals surface area contributed by atoms with Crippen molar-refractivity contribution in [2.75, 3.05) is 27.8 Å². The van der Waals surface area contributed by atoms with Crippen molar-refractivity contribution in [3.63, 3.8) is 0 Å². The smallest absolute Gasteiger partial charge is 0.411 e. The molecule has 0 spiro atoms. The molecule has 1 heterocycles. The van der Waals surface area contributed by atoms with Crippen molar-refractivity contribution >= 4 is 13.7 Å². The van der Waals surface area contributed by atoms with E-state index >= 15 is 0 Å². The summed E-state index contributed by atoms with van der Waals surface area (Å²) in [5.74, 6) is 0. The van der Waals surface area contributed by atoms with Gasteiger partial charge in [0.25, 0.3) is 0 Å². The Hall–Kier alpha value is -0.620. The van der Waals surface area contributed by atoms with Gasteiger partial charge in [0.15, 0.2) is 0 Å². The normalized spacial score (nSPS) is 25.6. The molecule has 0 aromatic carbocycles. The third-order valence-corrected chi connectivity index (χ3v) is 7.45. The van der Waals surface area contributed by atoms with Crippen molar-refractivity contribution in [1.82, 2.24) is 9.80 Å². The summed E-state index contributed by atoms with van der Waals surface area (Å²) in [5.41, 5.74) is -0.895. The van der Waals surface area contributed by atoms with Crippen LogP contribution in [0, 0.1) is 5.41 Å². The van der Waals surface area contributed by atoms with Gasteiger partial charge in [-0.2, -0.15) is 0 Å². The van der Waals surface area contributed by atoms with Crippen LogP contribution in [0.25, 0.3) is 0 Å². The molecule has 154 valence electrons. The number of hydrogen-bond donors (Lipinski definition) is 0. The second kappa shape index (κ2) is 7.78. The maximum absolute atomic E-state index is 13.5. The maximum Gasteiger partial charge on any atom is 0.411 e. The van der Waals surface area contributed by atoms with Gasteiger partial charge in [-0.1, -0.05) is 34.1 Å². The quantitative estimate of drug-likeness (QED) is 0.641. The van der Waals surface area contributed by atoms with Crippen molar-refractivity contribution in [2.24, 2.45) is 5.41 Å². The zero-order valence-corrected chi connectivity index (χ0v) is 19.0. The molecular formula is C18H37N2O5P. The number of carbonyl (C=O) groups is 1. The van der Waals surface area contributed by atoms with Gasteiger partial charge in [-0.25, -0.2) is 4.79 Å². The summed E-state index contributed by atoms with van der Waals surface area (Å²) >= 11 is 0. The number of rotatable bonds is 5. The minimum absolute atomic E-state index is 0.229. The van der Waals surface area contributed by atoms with Gasteiger partial charge in [-0.05, 0) is 39.7 Å². The number of likely N-dealkylation sites (N-methyl/N-ethyl adjacent to an activating group) is 1. The van der Waals surface area contributed by atoms with E-state index < -0.39 is 24.6 Å². The summed E-state index contributed by atoms with van der Waals surface area (Å²) in [5, 5.41) is -0.917. The van der Waals surface area contributed by atoms with Crippen molar-refractivity contribution < 1.29 is 23.1 Å². The van der Waals surface area contributed by atoms with Gasteiger partial charge in [0.05, 0.1) is 12.7 Å². The SMILES string of the molecule is CCC[C@@]1(P(=O)(OC)OC)CN(C(=O)OC(C)(C)C)[C@@H](C(C)(C)C)N1C. The van der Waals surface area contributed by atoms with Gasteiger partial charge in [-0.15, -0.1) is 0 Å². The summed E-state index contributed by atoms with van der Waals surface area (Å²) in [6, 6.07) is 0. The zero-order chi connectivity index (χ0) is 20.6. The zero-order valence-electron chi connectivity index (χ0n) is 18.1. The van der Waals surface area contributed by atoms with E-state index in [1.165, 1.54) is 14.2 Å². The molecule has 0 radical (unpaired) electrons. The minimum atomic E-state index is -3.49. The first-order valence-electron chi connectivity index (χ1n) is 9.13. The molecule has 1 amide bonds. The Morgan fingerprint density at radius 3 is 2.00 bits per heavy atom. The third kappa shape index (κ3) is 4.27. The first-order valence-corrected chi connectivity index (χ1v) is 10.7. The van der Waals surface area contributed by atoms with E-state index in [1.54, 1.807) is 4.90 Å². The van der Waals surface area contributed by atoms with Crippen LogP contribution in [0.4, 0.5) is 4.79 Å². The average molecular weight is 392 g/mol. The molecule has 7 nitrogen and oxygen atoms in total. The summed E-state index contributed by atoms with van der Waals surface area (Å²) in [7, 11) is 1.20. The molecule has 0 bridgehead atoms. The molecule has 1 rings (SSSR count). The molecule has 8 heteroatoms. The maximum atomic E-state index is 13.5. The molecule has 1 fully saturated rings. The fourth-order valence-electron chi connectivity index (χ4n) is 3.93. The Bertz CT molecular complexity index is 547. The molecule has 1 aliphatic rings. The van der Waals surface area contributed by atoms with Gasteiger partial charge in [0, 0.05) is 14.2 Å². The minimum Gasteiger partial charge on any atom is -0.444 e. The van der Waals surface area contributed by atoms with Crippen LogP contribution in [0.1, 0.15) is 61.3 Å². The Morgan fingerprint density at radius 1 is 1.15 bits per heavy atom. The molecule has 1 aliphatic heterocycles. The lowest BCUT2D eigenvalue weighted by Gasteiger charge is -2.43. The largest absolute Gasteiger partial charge is 0.444 e. The van der Waals surface area contributed by atoms with E-state index in [0.29, 0.717) is 6.42 Å². The fraction of sp³-hybridized carbons (Fsp3) is 0.944. The lowest BCUT2D eigenvalue weighted by molar-refractivity contribution is -0.00889. The molecule has 0 aromatic rings. The van der Waals surface area contributed by atoms with E-state index in [4.69, 9.17) is 13.8 Å². The van der Waals surface area contributed by atoms with E-state index in [1.807, 2.05) is 39.6 Å². The second-order valence-electron chi connectivity index (χ2n) is 9.05. The van der Waals surface area contributed by atoms with Crippen LogP contribution in [0.3, 0.4) is 0 Å². The van der Waals surface area contributed by atoms with Crippen molar-refractivity contribution in [3.8, 4) is 0 Å². The van der Waals surface area contributed by atoms with E-state index in [2.05, 4.69) is 20.8 Å². The topological polar surface area (TPSA) is 68.3 Å². The van der Waals surface area contributed by atoms with E-state index in [-0.39, 0.29) is 18.1 Å². The van der Waals surface area contributed by atoms with Gasteiger partial charge in [0.2, 0.25) is 0 Å². The molecule has 26 heavy (non-hydrogen) atoms. The van der Waals surface area contributed by atoms with Crippen LogP contribution in [0.2, 0.25) is 0 Å². The molecule has 0 saturated carbocycles. The van der Waals surface area contributed by atoms with Gasteiger partial charge in [0.1, 0.15) is 10.9 Å². The fourth-order valence-corrected chi connectivity index (χ4v) is 6.08. The summed E-state index contributed by atoms with van der Waals surface area (Å²) in [4.78, 5) is 16.6. The highest BCUT2D eigenvalue weighted by Crippen LogP contribution is 2.65. The third-order valence-electron chi connectivity index (χ3n) is 4.79. The first-order chi connectivity index (χ1) is 11.7. The van der Waals surface area contributed by atoms with Gasteiger partial charge < -0.3 is 13.8 Å². The average Bonchev–Trinajstić information content (AvgIpc) is 2.80. The standard InChI is InChI=1S/C18H37N2O5P/c1-11-12-18(26(22,23-9)24-10)13-20(15(21)25-17(5,6)7)14(19(18)8)16(2,3)4/h14H,11-13H2,1-10H3/t14-,18+/m0/s1. The predicted octanol–water partition coefficient (Wildman–Crippen LogP) is 4.52. The highest BCUT2D eigenvalue weighted by molar-refractivity contribution is 7.55. The Kier molecular flexibility index (Phi) is 7.01. The molecular weight excluding hydrogens is 355 g/mol. The van der Waals surface area contributed by atoms with Crippen molar-refractivity contribution in [2.45, 2.75) is 78.4 Å². The molecule has 0 aromatic heterocycles. The van der Waals surface area contributed by atoms with Crippen molar-refractivity contribution in [1.29, 1.82) is 0 Å². The Balaban J connectivity index is 3.49. The monoisotopic (exact) mass is 392 g/mol. The molecule has 0 N–H and O–H groups in total. The van der Waals surface area contributed by atoms with Crippen LogP contribution < -0.4 is 0 Å². The van der Waals surface area contributed by atoms with Gasteiger partial charge in [-0.3, -0.25) is 14.4 Å². The number of nitrogens with zero attached hydrogens (tertiary/aromatic N) is 2. The number of carbonyl (C=O) groups excluding carboxylic acids is 1. The second-order valence-corrected chi connectivity index (χ2v) is 11.6. The van der Waals surface area contributed by atoms with Crippen LogP contribution in [0.15, 0.2) is 0 Å². The van der Waals surface area contributed by atoms with Gasteiger partial charge >= 0.3 is 13.7 Å². The van der Waals surface area contributed by atoms with E-state index in [0.717, 1.165) is 6.42 Å². The van der Waals surface area contributed by atoms with Crippen LogP contribution in [0.5, 0.6) is 0 Å². The lowest BCUT2D eigenvalue weighted by Crippen LogP contribution is -2.52. The van der Waals surface area contributed by atoms with Crippen LogP contribution in [-0.4, -0.2) is 60.8 Å². The number of hydrogen-bond acceptors (Lipinski definition) is 6. The molecule has 0 unspecified atom stereocenters. The summed E-state index contributed by atoms with van der Waals surface area (Å²) in [6.45, 7) is 13.9. The summed E-state index contributed by atoms with van der Waals surface area (Å²) < 4.78 is 30.0. The van der Waals surface area contributed by atoms with Crippen LogP contribution in [-0.2, 0) is 18.3 Å². The Labute approximate surface area is 158 Å². The lowest BCUT2D eigenvalue weighted by atomic mass is 9.91. The highest BCUT2D eigenvalue weighted by atomic mass is 31.2. The molecule has 1 saturated heterocycles. The molecule has 2 atom stereocenters. The predicted molar refractivity (Wildman–Crippen MR) is 103 cm³/mol. The molecule has 0 aliphatic carbocycles.